The van der Waals surface area contributed by atoms with Crippen molar-refractivity contribution in [3.05, 3.63) is 30.3 Å². The minimum atomic E-state index is -0.244. The molecule has 102 valence electrons. The van der Waals surface area contributed by atoms with E-state index < -0.39 is 0 Å². The van der Waals surface area contributed by atoms with Gasteiger partial charge in [-0.3, -0.25) is 5.32 Å². The molecular formula is C14H19N3O2. The summed E-state index contributed by atoms with van der Waals surface area (Å²) in [7, 11) is 0. The zero-order valence-electron chi connectivity index (χ0n) is 10.9. The molecule has 2 saturated heterocycles. The number of hydrogen-bond donors (Lipinski definition) is 2. The Bertz CT molecular complexity index is 433. The lowest BCUT2D eigenvalue weighted by molar-refractivity contribution is 0.121. The van der Waals surface area contributed by atoms with Crippen molar-refractivity contribution in [3.8, 4) is 5.75 Å². The predicted molar refractivity (Wildman–Crippen MR) is 72.0 cm³/mol. The van der Waals surface area contributed by atoms with E-state index in [-0.39, 0.29) is 11.6 Å². The Morgan fingerprint density at radius 2 is 1.95 bits per heavy atom. The normalized spacial score (nSPS) is 21.6. The molecule has 0 aliphatic carbocycles. The molecule has 2 N–H and O–H groups in total. The molecule has 0 aromatic heterocycles. The molecule has 2 aliphatic rings. The summed E-state index contributed by atoms with van der Waals surface area (Å²) in [5.74, 6) is 0.605. The predicted octanol–water partition coefficient (Wildman–Crippen LogP) is 1.17. The summed E-state index contributed by atoms with van der Waals surface area (Å²) in [6.07, 6.45) is 1.71. The topological polar surface area (TPSA) is 53.6 Å². The molecule has 19 heavy (non-hydrogen) atoms. The molecule has 0 radical (unpaired) electrons. The van der Waals surface area contributed by atoms with E-state index in [4.69, 9.17) is 4.74 Å². The van der Waals surface area contributed by atoms with E-state index in [1.807, 2.05) is 18.2 Å². The van der Waals surface area contributed by atoms with Crippen molar-refractivity contribution in [3.63, 3.8) is 0 Å². The first-order chi connectivity index (χ1) is 9.27. The maximum absolute atomic E-state index is 12.0. The number of para-hydroxylation sites is 1. The van der Waals surface area contributed by atoms with Crippen molar-refractivity contribution in [2.75, 3.05) is 26.3 Å². The average Bonchev–Trinajstić information content (AvgIpc) is 2.89. The Hall–Kier alpha value is -1.59. The quantitative estimate of drug-likeness (QED) is 0.797. The zero-order valence-corrected chi connectivity index (χ0v) is 10.9. The molecule has 5 heteroatoms. The molecule has 3 rings (SSSR count). The van der Waals surface area contributed by atoms with E-state index in [9.17, 15) is 4.79 Å². The van der Waals surface area contributed by atoms with Gasteiger partial charge in [0.25, 0.3) is 0 Å². The number of ether oxygens (including phenoxy) is 1. The minimum Gasteiger partial charge on any atom is -0.410 e. The third-order valence-corrected chi connectivity index (χ3v) is 3.98. The minimum absolute atomic E-state index is 0.184. The third-order valence-electron chi connectivity index (χ3n) is 3.98. The highest BCUT2D eigenvalue weighted by Gasteiger charge is 2.38. The van der Waals surface area contributed by atoms with Crippen molar-refractivity contribution in [2.45, 2.75) is 18.4 Å². The van der Waals surface area contributed by atoms with Gasteiger partial charge < -0.3 is 15.0 Å². The van der Waals surface area contributed by atoms with Gasteiger partial charge in [0.1, 0.15) is 5.75 Å². The van der Waals surface area contributed by atoms with E-state index in [0.29, 0.717) is 5.75 Å². The van der Waals surface area contributed by atoms with E-state index in [2.05, 4.69) is 10.6 Å². The average molecular weight is 261 g/mol. The summed E-state index contributed by atoms with van der Waals surface area (Å²) in [5.41, 5.74) is 0.184. The van der Waals surface area contributed by atoms with E-state index in [1.54, 1.807) is 17.0 Å². The van der Waals surface area contributed by atoms with Crippen LogP contribution in [0.1, 0.15) is 12.8 Å². The second-order valence-corrected chi connectivity index (χ2v) is 5.23. The van der Waals surface area contributed by atoms with Crippen molar-refractivity contribution in [2.24, 2.45) is 0 Å². The first kappa shape index (κ1) is 12.4. The van der Waals surface area contributed by atoms with Crippen molar-refractivity contribution in [1.29, 1.82) is 0 Å². The van der Waals surface area contributed by atoms with E-state index in [0.717, 1.165) is 39.1 Å². The number of carbonyl (C=O) groups is 1. The second kappa shape index (κ2) is 5.19. The lowest BCUT2D eigenvalue weighted by Gasteiger charge is -2.38. The molecule has 0 atom stereocenters. The molecular weight excluding hydrogens is 242 g/mol. The van der Waals surface area contributed by atoms with Crippen LogP contribution in [0.2, 0.25) is 0 Å². The maximum atomic E-state index is 12.0. The van der Waals surface area contributed by atoms with Crippen LogP contribution in [0.4, 0.5) is 4.79 Å². The molecule has 5 nitrogen and oxygen atoms in total. The Balaban J connectivity index is 1.55. The van der Waals surface area contributed by atoms with E-state index in [1.165, 1.54) is 0 Å². The zero-order chi connectivity index (χ0) is 13.1. The van der Waals surface area contributed by atoms with Gasteiger partial charge in [0.15, 0.2) is 0 Å². The van der Waals surface area contributed by atoms with Crippen LogP contribution >= 0.6 is 0 Å². The monoisotopic (exact) mass is 261 g/mol. The van der Waals surface area contributed by atoms with Gasteiger partial charge in [-0.15, -0.1) is 0 Å². The highest BCUT2D eigenvalue weighted by molar-refractivity contribution is 5.70. The van der Waals surface area contributed by atoms with Crippen molar-refractivity contribution < 1.29 is 9.53 Å². The number of amides is 1. The summed E-state index contributed by atoms with van der Waals surface area (Å²) >= 11 is 0. The molecule has 1 aromatic carbocycles. The van der Waals surface area contributed by atoms with Gasteiger partial charge in [0.05, 0.1) is 0 Å². The number of hydrogen-bond acceptors (Lipinski definition) is 4. The highest BCUT2D eigenvalue weighted by atomic mass is 16.6. The first-order valence-corrected chi connectivity index (χ1v) is 6.75. The second-order valence-electron chi connectivity index (χ2n) is 5.23. The van der Waals surface area contributed by atoms with Gasteiger partial charge in [-0.1, -0.05) is 18.2 Å². The molecule has 1 amide bonds. The van der Waals surface area contributed by atoms with Crippen LogP contribution in [0.5, 0.6) is 5.75 Å². The van der Waals surface area contributed by atoms with Crippen LogP contribution in [0, 0.1) is 0 Å². The lowest BCUT2D eigenvalue weighted by Crippen LogP contribution is -2.53. The Morgan fingerprint density at radius 1 is 1.21 bits per heavy atom. The number of piperidine rings is 1. The smallest absolute Gasteiger partial charge is 0.410 e. The molecule has 2 aliphatic heterocycles. The van der Waals surface area contributed by atoms with Crippen molar-refractivity contribution in [1.82, 2.24) is 15.5 Å². The summed E-state index contributed by atoms with van der Waals surface area (Å²) in [5, 5.41) is 6.81. The fourth-order valence-electron chi connectivity index (χ4n) is 2.74. The summed E-state index contributed by atoms with van der Waals surface area (Å²) in [6.45, 7) is 3.36. The number of likely N-dealkylation sites (tertiary alicyclic amines) is 1. The Labute approximate surface area is 112 Å². The number of nitrogens with zero attached hydrogens (tertiary/aromatic N) is 1. The molecule has 2 fully saturated rings. The van der Waals surface area contributed by atoms with Crippen LogP contribution in [-0.2, 0) is 0 Å². The van der Waals surface area contributed by atoms with Gasteiger partial charge in [-0.2, -0.15) is 0 Å². The first-order valence-electron chi connectivity index (χ1n) is 6.75. The Kier molecular flexibility index (Phi) is 3.40. The number of nitrogens with one attached hydrogen (secondary N) is 2. The fraction of sp³-hybridized carbons (Fsp3) is 0.500. The van der Waals surface area contributed by atoms with Crippen LogP contribution in [0.15, 0.2) is 30.3 Å². The van der Waals surface area contributed by atoms with Crippen LogP contribution in [-0.4, -0.2) is 42.8 Å². The molecule has 1 aromatic rings. The van der Waals surface area contributed by atoms with Gasteiger partial charge in [-0.25, -0.2) is 4.79 Å². The van der Waals surface area contributed by atoms with Crippen LogP contribution < -0.4 is 15.4 Å². The summed E-state index contributed by atoms with van der Waals surface area (Å²) in [6, 6.07) is 9.22. The third kappa shape index (κ3) is 2.72. The van der Waals surface area contributed by atoms with Gasteiger partial charge in [0.2, 0.25) is 0 Å². The lowest BCUT2D eigenvalue weighted by atomic mass is 9.89. The van der Waals surface area contributed by atoms with Gasteiger partial charge >= 0.3 is 6.09 Å². The largest absolute Gasteiger partial charge is 0.415 e. The summed E-state index contributed by atoms with van der Waals surface area (Å²) < 4.78 is 5.36. The molecule has 0 bridgehead atoms. The summed E-state index contributed by atoms with van der Waals surface area (Å²) in [4.78, 5) is 13.8. The molecule has 0 saturated carbocycles. The molecule has 0 unspecified atom stereocenters. The number of rotatable bonds is 1. The highest BCUT2D eigenvalue weighted by Crippen LogP contribution is 2.24. The van der Waals surface area contributed by atoms with Crippen LogP contribution in [0.25, 0.3) is 0 Å². The van der Waals surface area contributed by atoms with Gasteiger partial charge in [-0.05, 0) is 25.0 Å². The standard InChI is InChI=1S/C14H19N3O2/c18-13(19-12-4-2-1-3-5-12)17-8-6-14(7-9-17)10-15-11-16-14/h1-5,15-16H,6-11H2. The van der Waals surface area contributed by atoms with E-state index >= 15 is 0 Å². The van der Waals surface area contributed by atoms with Crippen LogP contribution in [0.3, 0.4) is 0 Å². The maximum Gasteiger partial charge on any atom is 0.415 e. The molecule has 2 heterocycles. The SMILES string of the molecule is O=C(Oc1ccccc1)N1CCC2(CC1)CNCN2. The Morgan fingerprint density at radius 3 is 2.58 bits per heavy atom. The van der Waals surface area contributed by atoms with Crippen molar-refractivity contribution >= 4 is 6.09 Å². The van der Waals surface area contributed by atoms with Gasteiger partial charge in [0, 0.05) is 31.8 Å². The molecule has 1 spiro atoms. The fourth-order valence-corrected chi connectivity index (χ4v) is 2.74. The number of carbonyl (C=O) groups excluding carboxylic acids is 1. The number of benzene rings is 1.